The molecule has 3 rings (SSSR count). The monoisotopic (exact) mass is 382 g/mol. The molecule has 1 heterocycles. The van der Waals surface area contributed by atoms with Crippen LogP contribution in [0.15, 0.2) is 48.5 Å². The van der Waals surface area contributed by atoms with Crippen molar-refractivity contribution >= 4 is 23.0 Å². The highest BCUT2D eigenvalue weighted by Gasteiger charge is 2.24. The van der Waals surface area contributed by atoms with Crippen LogP contribution in [0.1, 0.15) is 25.3 Å². The number of anilines is 2. The fraction of sp³-hybridized carbons (Fsp3) is 0.381. The second-order valence-electron chi connectivity index (χ2n) is 7.33. The van der Waals surface area contributed by atoms with Gasteiger partial charge in [0.25, 0.3) is 5.69 Å². The highest BCUT2D eigenvalue weighted by molar-refractivity contribution is 5.92. The van der Waals surface area contributed by atoms with Crippen molar-refractivity contribution in [3.8, 4) is 0 Å². The minimum absolute atomic E-state index is 0.0450. The molecular weight excluding hydrogens is 356 g/mol. The zero-order valence-corrected chi connectivity index (χ0v) is 16.3. The number of nitro benzene ring substituents is 1. The van der Waals surface area contributed by atoms with Crippen molar-refractivity contribution in [3.63, 3.8) is 0 Å². The normalized spacial score (nSPS) is 14.9. The van der Waals surface area contributed by atoms with Crippen molar-refractivity contribution in [2.75, 3.05) is 42.9 Å². The van der Waals surface area contributed by atoms with Crippen LogP contribution in [0.3, 0.4) is 0 Å². The number of piperazine rings is 1. The Kier molecular flexibility index (Phi) is 6.26. The summed E-state index contributed by atoms with van der Waals surface area (Å²) in [5, 5.41) is 14.2. The molecule has 1 fully saturated rings. The molecule has 7 heteroatoms. The molecule has 0 spiro atoms. The average Bonchev–Trinajstić information content (AvgIpc) is 2.69. The molecule has 0 bridgehead atoms. The van der Waals surface area contributed by atoms with Crippen LogP contribution in [0.2, 0.25) is 0 Å². The van der Waals surface area contributed by atoms with Crippen molar-refractivity contribution in [2.45, 2.75) is 19.8 Å². The van der Waals surface area contributed by atoms with Gasteiger partial charge in [-0.05, 0) is 29.7 Å². The number of nitrogens with zero attached hydrogens (tertiary/aromatic N) is 3. The molecule has 1 aliphatic rings. The van der Waals surface area contributed by atoms with E-state index in [-0.39, 0.29) is 16.5 Å². The maximum atomic E-state index is 12.3. The fourth-order valence-corrected chi connectivity index (χ4v) is 3.39. The zero-order valence-electron chi connectivity index (χ0n) is 16.3. The molecule has 0 radical (unpaired) electrons. The summed E-state index contributed by atoms with van der Waals surface area (Å²) < 4.78 is 0. The Morgan fingerprint density at radius 1 is 1.07 bits per heavy atom. The van der Waals surface area contributed by atoms with Crippen molar-refractivity contribution in [2.24, 2.45) is 0 Å². The van der Waals surface area contributed by atoms with Gasteiger partial charge in [0.2, 0.25) is 5.91 Å². The number of hydrogen-bond donors (Lipinski definition) is 1. The van der Waals surface area contributed by atoms with Crippen LogP contribution in [0.25, 0.3) is 0 Å². The molecule has 1 amide bonds. The summed E-state index contributed by atoms with van der Waals surface area (Å²) in [6.07, 6.45) is 0. The highest BCUT2D eigenvalue weighted by Crippen LogP contribution is 2.28. The van der Waals surface area contributed by atoms with Crippen molar-refractivity contribution in [1.29, 1.82) is 0 Å². The van der Waals surface area contributed by atoms with Crippen LogP contribution < -0.4 is 10.2 Å². The van der Waals surface area contributed by atoms with E-state index in [2.05, 4.69) is 24.1 Å². The van der Waals surface area contributed by atoms with Gasteiger partial charge in [-0.25, -0.2) is 0 Å². The first-order chi connectivity index (χ1) is 13.4. The molecular formula is C21H26N4O3. The van der Waals surface area contributed by atoms with Crippen molar-refractivity contribution in [1.82, 2.24) is 4.90 Å². The van der Waals surface area contributed by atoms with Crippen LogP contribution in [0, 0.1) is 10.1 Å². The number of benzene rings is 2. The zero-order chi connectivity index (χ0) is 20.1. The van der Waals surface area contributed by atoms with E-state index >= 15 is 0 Å². The van der Waals surface area contributed by atoms with E-state index in [0.717, 1.165) is 5.69 Å². The molecule has 1 aliphatic heterocycles. The second-order valence-corrected chi connectivity index (χ2v) is 7.33. The second kappa shape index (κ2) is 8.84. The van der Waals surface area contributed by atoms with Gasteiger partial charge in [-0.2, -0.15) is 0 Å². The maximum Gasteiger partial charge on any atom is 0.292 e. The summed E-state index contributed by atoms with van der Waals surface area (Å²) in [6.45, 7) is 7.27. The Morgan fingerprint density at radius 3 is 2.32 bits per heavy atom. The maximum absolute atomic E-state index is 12.3. The molecule has 0 aliphatic carbocycles. The first-order valence-electron chi connectivity index (χ1n) is 9.54. The SMILES string of the molecule is CC(C)c1ccc(NC(=O)CN2CCN(c3ccccc3[N+](=O)[O-])CC2)cc1. The van der Waals surface area contributed by atoms with Crippen LogP contribution in [0.4, 0.5) is 17.1 Å². The lowest BCUT2D eigenvalue weighted by Crippen LogP contribution is -2.48. The molecule has 0 saturated carbocycles. The molecule has 0 aromatic heterocycles. The van der Waals surface area contributed by atoms with Crippen LogP contribution in [-0.2, 0) is 4.79 Å². The van der Waals surface area contributed by atoms with E-state index in [9.17, 15) is 14.9 Å². The molecule has 2 aromatic carbocycles. The van der Waals surface area contributed by atoms with Gasteiger partial charge in [0.1, 0.15) is 5.69 Å². The van der Waals surface area contributed by atoms with Gasteiger partial charge < -0.3 is 10.2 Å². The molecule has 0 unspecified atom stereocenters. The third-order valence-corrected chi connectivity index (χ3v) is 5.02. The van der Waals surface area contributed by atoms with Gasteiger partial charge >= 0.3 is 0 Å². The van der Waals surface area contributed by atoms with Gasteiger partial charge in [-0.3, -0.25) is 19.8 Å². The molecule has 1 N–H and O–H groups in total. The van der Waals surface area contributed by atoms with E-state index < -0.39 is 0 Å². The lowest BCUT2D eigenvalue weighted by atomic mass is 10.0. The third kappa shape index (κ3) is 4.86. The quantitative estimate of drug-likeness (QED) is 0.611. The molecule has 1 saturated heterocycles. The van der Waals surface area contributed by atoms with Gasteiger partial charge in [0.15, 0.2) is 0 Å². The standard InChI is InChI=1S/C21H26N4O3/c1-16(2)17-7-9-18(10-8-17)22-21(26)15-23-11-13-24(14-12-23)19-5-3-4-6-20(19)25(27)28/h3-10,16H,11-15H2,1-2H3,(H,22,26). The number of hydrogen-bond acceptors (Lipinski definition) is 5. The van der Waals surface area contributed by atoms with Crippen LogP contribution >= 0.6 is 0 Å². The van der Waals surface area contributed by atoms with E-state index in [1.54, 1.807) is 12.1 Å². The summed E-state index contributed by atoms with van der Waals surface area (Å²) in [6, 6.07) is 14.7. The number of amides is 1. The van der Waals surface area contributed by atoms with Gasteiger partial charge in [0, 0.05) is 37.9 Å². The Balaban J connectivity index is 1.51. The van der Waals surface area contributed by atoms with Crippen molar-refractivity contribution < 1.29 is 9.72 Å². The summed E-state index contributed by atoms with van der Waals surface area (Å²) >= 11 is 0. The number of nitro groups is 1. The molecule has 148 valence electrons. The molecule has 7 nitrogen and oxygen atoms in total. The Hall–Kier alpha value is -2.93. The Bertz CT molecular complexity index is 828. The predicted molar refractivity (Wildman–Crippen MR) is 111 cm³/mol. The first kappa shape index (κ1) is 19.8. The van der Waals surface area contributed by atoms with E-state index in [4.69, 9.17) is 0 Å². The smallest absolute Gasteiger partial charge is 0.292 e. The van der Waals surface area contributed by atoms with E-state index in [1.807, 2.05) is 35.2 Å². The minimum atomic E-state index is -0.348. The topological polar surface area (TPSA) is 78.7 Å². The summed E-state index contributed by atoms with van der Waals surface area (Å²) in [5.41, 5.74) is 2.80. The fourth-order valence-electron chi connectivity index (χ4n) is 3.39. The average molecular weight is 382 g/mol. The molecule has 28 heavy (non-hydrogen) atoms. The highest BCUT2D eigenvalue weighted by atomic mass is 16.6. The minimum Gasteiger partial charge on any atom is -0.363 e. The van der Waals surface area contributed by atoms with Gasteiger partial charge in [0.05, 0.1) is 11.5 Å². The number of para-hydroxylation sites is 2. The molecule has 2 aromatic rings. The lowest BCUT2D eigenvalue weighted by molar-refractivity contribution is -0.384. The number of carbonyl (C=O) groups is 1. The van der Waals surface area contributed by atoms with E-state index in [1.165, 1.54) is 11.6 Å². The number of nitrogens with one attached hydrogen (secondary N) is 1. The van der Waals surface area contributed by atoms with Gasteiger partial charge in [-0.1, -0.05) is 38.1 Å². The molecule has 0 atom stereocenters. The van der Waals surface area contributed by atoms with Gasteiger partial charge in [-0.15, -0.1) is 0 Å². The Morgan fingerprint density at radius 2 is 1.71 bits per heavy atom. The summed E-state index contributed by atoms with van der Waals surface area (Å²) in [7, 11) is 0. The van der Waals surface area contributed by atoms with Crippen LogP contribution in [0.5, 0.6) is 0 Å². The predicted octanol–water partition coefficient (Wildman–Crippen LogP) is 3.48. The third-order valence-electron chi connectivity index (χ3n) is 5.02. The lowest BCUT2D eigenvalue weighted by Gasteiger charge is -2.35. The van der Waals surface area contributed by atoms with Crippen LogP contribution in [-0.4, -0.2) is 48.5 Å². The van der Waals surface area contributed by atoms with Crippen molar-refractivity contribution in [3.05, 3.63) is 64.2 Å². The first-order valence-corrected chi connectivity index (χ1v) is 9.54. The Labute approximate surface area is 165 Å². The number of rotatable bonds is 6. The summed E-state index contributed by atoms with van der Waals surface area (Å²) in [5.74, 6) is 0.415. The largest absolute Gasteiger partial charge is 0.363 e. The van der Waals surface area contributed by atoms with E-state index in [0.29, 0.717) is 44.3 Å². The summed E-state index contributed by atoms with van der Waals surface area (Å²) in [4.78, 5) is 27.3. The number of carbonyl (C=O) groups excluding carboxylic acids is 1.